The molecular weight excluding hydrogens is 178 g/mol. The summed E-state index contributed by atoms with van der Waals surface area (Å²) in [5.74, 6) is -0.779. The van der Waals surface area contributed by atoms with Gasteiger partial charge in [0.05, 0.1) is 0 Å². The Labute approximate surface area is 84.0 Å². The second-order valence-corrected chi connectivity index (χ2v) is 3.51. The van der Waals surface area contributed by atoms with E-state index < -0.39 is 12.0 Å². The molecule has 0 aromatic heterocycles. The Bertz CT molecular complexity index is 295. The van der Waals surface area contributed by atoms with Crippen molar-refractivity contribution in [1.82, 2.24) is 4.90 Å². The number of nitrogens with zero attached hydrogens (tertiary/aromatic N) is 1. The highest BCUT2D eigenvalue weighted by Gasteiger charge is 2.19. The second kappa shape index (κ2) is 4.77. The van der Waals surface area contributed by atoms with Crippen molar-refractivity contribution in [3.8, 4) is 0 Å². The number of hydrogen-bond donors (Lipinski definition) is 1. The maximum atomic E-state index is 10.9. The zero-order chi connectivity index (χ0) is 10.6. The monoisotopic (exact) mass is 193 g/mol. The lowest BCUT2D eigenvalue weighted by Gasteiger charge is -2.19. The molecule has 1 atom stereocenters. The first kappa shape index (κ1) is 10.7. The smallest absolute Gasteiger partial charge is 0.321 e. The van der Waals surface area contributed by atoms with Gasteiger partial charge in [-0.15, -0.1) is 0 Å². The van der Waals surface area contributed by atoms with Gasteiger partial charge < -0.3 is 5.11 Å². The molecule has 0 bridgehead atoms. The van der Waals surface area contributed by atoms with Crippen LogP contribution in [0.1, 0.15) is 5.56 Å². The summed E-state index contributed by atoms with van der Waals surface area (Å²) < 4.78 is 0. The molecule has 0 fully saturated rings. The van der Waals surface area contributed by atoms with Gasteiger partial charge in [0.1, 0.15) is 6.04 Å². The molecule has 0 unspecified atom stereocenters. The predicted molar refractivity (Wildman–Crippen MR) is 55.3 cm³/mol. The highest BCUT2D eigenvalue weighted by Crippen LogP contribution is 2.06. The van der Waals surface area contributed by atoms with Crippen LogP contribution in [0.25, 0.3) is 0 Å². The standard InChI is InChI=1S/C11H15NO2/c1-12(2)10(11(13)14)8-9-6-4-3-5-7-9/h3-7,10H,8H2,1-2H3,(H,13,14)/t10-/m0/s1. The molecule has 1 aromatic carbocycles. The molecule has 0 heterocycles. The minimum Gasteiger partial charge on any atom is -0.480 e. The third-order valence-electron chi connectivity index (χ3n) is 2.18. The summed E-state index contributed by atoms with van der Waals surface area (Å²) in [6.45, 7) is 0. The Kier molecular flexibility index (Phi) is 3.65. The van der Waals surface area contributed by atoms with Crippen LogP contribution in [0.15, 0.2) is 30.3 Å². The number of carbonyl (C=O) groups is 1. The topological polar surface area (TPSA) is 40.5 Å². The quantitative estimate of drug-likeness (QED) is 0.782. The number of benzene rings is 1. The maximum absolute atomic E-state index is 10.9. The van der Waals surface area contributed by atoms with Gasteiger partial charge in [-0.3, -0.25) is 9.69 Å². The molecule has 1 N–H and O–H groups in total. The van der Waals surface area contributed by atoms with E-state index in [-0.39, 0.29) is 0 Å². The molecule has 76 valence electrons. The first-order valence-corrected chi connectivity index (χ1v) is 4.54. The number of carboxylic acid groups (broad SMARTS) is 1. The third kappa shape index (κ3) is 2.85. The minimum absolute atomic E-state index is 0.447. The molecule has 0 spiro atoms. The Morgan fingerprint density at radius 3 is 2.36 bits per heavy atom. The molecule has 0 aliphatic carbocycles. The van der Waals surface area contributed by atoms with Crippen molar-refractivity contribution in [3.05, 3.63) is 35.9 Å². The third-order valence-corrected chi connectivity index (χ3v) is 2.18. The molecule has 0 saturated heterocycles. The molecule has 0 aliphatic heterocycles. The SMILES string of the molecule is CN(C)[C@@H](Cc1ccccc1)C(=O)O. The van der Waals surface area contributed by atoms with Crippen LogP contribution in [0.4, 0.5) is 0 Å². The van der Waals surface area contributed by atoms with Gasteiger partial charge in [-0.2, -0.15) is 0 Å². The second-order valence-electron chi connectivity index (χ2n) is 3.51. The van der Waals surface area contributed by atoms with Gasteiger partial charge in [0.25, 0.3) is 0 Å². The van der Waals surface area contributed by atoms with Crippen molar-refractivity contribution in [1.29, 1.82) is 0 Å². The number of aliphatic carboxylic acids is 1. The van der Waals surface area contributed by atoms with E-state index in [1.54, 1.807) is 19.0 Å². The van der Waals surface area contributed by atoms with E-state index in [0.29, 0.717) is 6.42 Å². The Hall–Kier alpha value is -1.35. The number of rotatable bonds is 4. The number of likely N-dealkylation sites (N-methyl/N-ethyl adjacent to an activating group) is 1. The molecule has 0 saturated carbocycles. The van der Waals surface area contributed by atoms with Crippen molar-refractivity contribution < 1.29 is 9.90 Å². The highest BCUT2D eigenvalue weighted by molar-refractivity contribution is 5.73. The fraction of sp³-hybridized carbons (Fsp3) is 0.364. The van der Waals surface area contributed by atoms with E-state index in [1.165, 1.54) is 0 Å². The lowest BCUT2D eigenvalue weighted by molar-refractivity contribution is -0.142. The fourth-order valence-electron chi connectivity index (χ4n) is 1.33. The zero-order valence-electron chi connectivity index (χ0n) is 8.47. The van der Waals surface area contributed by atoms with Crippen LogP contribution in [0.3, 0.4) is 0 Å². The minimum atomic E-state index is -0.779. The van der Waals surface area contributed by atoms with Crippen molar-refractivity contribution in [2.75, 3.05) is 14.1 Å². The van der Waals surface area contributed by atoms with E-state index in [4.69, 9.17) is 5.11 Å². The Morgan fingerprint density at radius 2 is 1.93 bits per heavy atom. The first-order chi connectivity index (χ1) is 6.61. The van der Waals surface area contributed by atoms with Gasteiger partial charge in [0, 0.05) is 0 Å². The summed E-state index contributed by atoms with van der Waals surface area (Å²) in [4.78, 5) is 12.6. The average Bonchev–Trinajstić information content (AvgIpc) is 2.15. The van der Waals surface area contributed by atoms with Crippen LogP contribution < -0.4 is 0 Å². The van der Waals surface area contributed by atoms with Crippen LogP contribution >= 0.6 is 0 Å². The summed E-state index contributed by atoms with van der Waals surface area (Å²) in [5, 5.41) is 8.96. The normalized spacial score (nSPS) is 12.8. The van der Waals surface area contributed by atoms with Crippen LogP contribution in [0, 0.1) is 0 Å². The molecule has 1 aromatic rings. The van der Waals surface area contributed by atoms with E-state index in [2.05, 4.69) is 0 Å². The molecule has 1 rings (SSSR count). The first-order valence-electron chi connectivity index (χ1n) is 4.54. The van der Waals surface area contributed by atoms with E-state index in [1.807, 2.05) is 30.3 Å². The van der Waals surface area contributed by atoms with Crippen molar-refractivity contribution >= 4 is 5.97 Å². The van der Waals surface area contributed by atoms with Gasteiger partial charge in [-0.1, -0.05) is 30.3 Å². The highest BCUT2D eigenvalue weighted by atomic mass is 16.4. The van der Waals surface area contributed by atoms with Gasteiger partial charge in [-0.05, 0) is 26.1 Å². The van der Waals surface area contributed by atoms with Crippen LogP contribution in [0.2, 0.25) is 0 Å². The zero-order valence-corrected chi connectivity index (χ0v) is 8.47. The van der Waals surface area contributed by atoms with Crippen LogP contribution in [-0.4, -0.2) is 36.1 Å². The molecular formula is C11H15NO2. The fourth-order valence-corrected chi connectivity index (χ4v) is 1.33. The van der Waals surface area contributed by atoms with Crippen LogP contribution in [0.5, 0.6) is 0 Å². The van der Waals surface area contributed by atoms with Crippen molar-refractivity contribution in [2.24, 2.45) is 0 Å². The van der Waals surface area contributed by atoms with E-state index in [9.17, 15) is 4.79 Å². The molecule has 0 radical (unpaired) electrons. The molecule has 3 heteroatoms. The largest absolute Gasteiger partial charge is 0.480 e. The number of carboxylic acids is 1. The average molecular weight is 193 g/mol. The van der Waals surface area contributed by atoms with Crippen molar-refractivity contribution in [2.45, 2.75) is 12.5 Å². The summed E-state index contributed by atoms with van der Waals surface area (Å²) in [5.41, 5.74) is 1.05. The van der Waals surface area contributed by atoms with Gasteiger partial charge >= 0.3 is 5.97 Å². The molecule has 0 amide bonds. The maximum Gasteiger partial charge on any atom is 0.321 e. The van der Waals surface area contributed by atoms with E-state index in [0.717, 1.165) is 5.56 Å². The van der Waals surface area contributed by atoms with Crippen molar-refractivity contribution in [3.63, 3.8) is 0 Å². The van der Waals surface area contributed by atoms with Gasteiger partial charge in [0.15, 0.2) is 0 Å². The van der Waals surface area contributed by atoms with Crippen LogP contribution in [-0.2, 0) is 11.2 Å². The number of hydrogen-bond acceptors (Lipinski definition) is 2. The Balaban J connectivity index is 2.70. The van der Waals surface area contributed by atoms with Gasteiger partial charge in [-0.25, -0.2) is 0 Å². The summed E-state index contributed by atoms with van der Waals surface area (Å²) in [6.07, 6.45) is 0.545. The Morgan fingerprint density at radius 1 is 1.36 bits per heavy atom. The summed E-state index contributed by atoms with van der Waals surface area (Å²) in [7, 11) is 3.56. The molecule has 14 heavy (non-hydrogen) atoms. The lowest BCUT2D eigenvalue weighted by Crippen LogP contribution is -2.37. The molecule has 3 nitrogen and oxygen atoms in total. The summed E-state index contributed by atoms with van der Waals surface area (Å²) in [6, 6.07) is 9.21. The van der Waals surface area contributed by atoms with E-state index >= 15 is 0 Å². The summed E-state index contributed by atoms with van der Waals surface area (Å²) >= 11 is 0. The predicted octanol–water partition coefficient (Wildman–Crippen LogP) is 1.24. The van der Waals surface area contributed by atoms with Gasteiger partial charge in [0.2, 0.25) is 0 Å². The molecule has 0 aliphatic rings. The lowest BCUT2D eigenvalue weighted by atomic mass is 10.1.